The molecule has 1 heterocycles. The van der Waals surface area contributed by atoms with Crippen molar-refractivity contribution in [2.75, 3.05) is 13.2 Å². The third kappa shape index (κ3) is 19.7. The van der Waals surface area contributed by atoms with E-state index in [2.05, 4.69) is 35.5 Å². The van der Waals surface area contributed by atoms with E-state index < -0.39 is 78.5 Å². The fraction of sp³-hybridized carbons (Fsp3) is 0.853. The minimum Gasteiger partial charge on any atom is -0.394 e. The van der Waals surface area contributed by atoms with Gasteiger partial charge in [0.2, 0.25) is 5.91 Å². The molecule has 0 aromatic heterocycles. The van der Waals surface area contributed by atoms with Crippen LogP contribution >= 0.6 is 0 Å². The predicted octanol–water partition coefficient (Wildman–Crippen LogP) is 3.62. The highest BCUT2D eigenvalue weighted by Crippen LogP contribution is 2.26. The number of ether oxygens (including phenoxy) is 2. The average molecular weight is 710 g/mol. The van der Waals surface area contributed by atoms with Crippen molar-refractivity contribution in [2.45, 2.75) is 172 Å². The fourth-order valence-corrected chi connectivity index (χ4v) is 5.96. The molecule has 48 heavy (non-hydrogen) atoms. The van der Waals surface area contributed by atoms with Gasteiger partial charge in [-0.2, -0.15) is 8.42 Å². The number of hydrogen-bond acceptors (Lipinski definition) is 11. The van der Waals surface area contributed by atoms with Crippen molar-refractivity contribution in [1.29, 1.82) is 0 Å². The van der Waals surface area contributed by atoms with Crippen LogP contribution in [0.4, 0.5) is 0 Å². The Morgan fingerprint density at radius 3 is 2.04 bits per heavy atom. The molecule has 0 radical (unpaired) electrons. The maximum atomic E-state index is 12.9. The lowest BCUT2D eigenvalue weighted by molar-refractivity contribution is -0.298. The molecule has 282 valence electrons. The molecule has 0 spiro atoms. The highest BCUT2D eigenvalue weighted by Gasteiger charge is 2.48. The van der Waals surface area contributed by atoms with Gasteiger partial charge in [0, 0.05) is 6.42 Å². The molecule has 0 aliphatic carbocycles. The van der Waals surface area contributed by atoms with E-state index in [-0.39, 0.29) is 6.42 Å². The number of aliphatic hydroxyl groups is 5. The van der Waals surface area contributed by atoms with Crippen molar-refractivity contribution in [3.05, 3.63) is 24.3 Å². The Kier molecular flexibility index (Phi) is 24.5. The molecular formula is C34H63NO12S. The predicted molar refractivity (Wildman–Crippen MR) is 182 cm³/mol. The summed E-state index contributed by atoms with van der Waals surface area (Å²) >= 11 is 0. The van der Waals surface area contributed by atoms with E-state index in [9.17, 15) is 38.7 Å². The van der Waals surface area contributed by atoms with Crippen LogP contribution in [0.3, 0.4) is 0 Å². The highest BCUT2D eigenvalue weighted by molar-refractivity contribution is 7.80. The highest BCUT2D eigenvalue weighted by atomic mass is 32.3. The third-order valence-corrected chi connectivity index (χ3v) is 8.85. The summed E-state index contributed by atoms with van der Waals surface area (Å²) in [6.45, 7) is 3.10. The first-order chi connectivity index (χ1) is 22.9. The Morgan fingerprint density at radius 2 is 1.44 bits per heavy atom. The van der Waals surface area contributed by atoms with Gasteiger partial charge in [0.05, 0.1) is 25.4 Å². The van der Waals surface area contributed by atoms with Gasteiger partial charge in [-0.05, 0) is 25.7 Å². The summed E-state index contributed by atoms with van der Waals surface area (Å²) in [7, 11) is -5.10. The number of aliphatic hydroxyl groups excluding tert-OH is 5. The van der Waals surface area contributed by atoms with Crippen LogP contribution in [0.1, 0.15) is 123 Å². The minimum absolute atomic E-state index is 0.0493. The summed E-state index contributed by atoms with van der Waals surface area (Å²) in [5.74, 6) is -0.744. The van der Waals surface area contributed by atoms with Gasteiger partial charge < -0.3 is 40.3 Å². The van der Waals surface area contributed by atoms with E-state index in [1.54, 1.807) is 6.08 Å². The van der Waals surface area contributed by atoms with E-state index >= 15 is 0 Å². The Balaban J connectivity index is 2.75. The Hall–Kier alpha value is -1.46. The first-order valence-corrected chi connectivity index (χ1v) is 19.2. The van der Waals surface area contributed by atoms with Gasteiger partial charge in [0.1, 0.15) is 30.5 Å². The van der Waals surface area contributed by atoms with Gasteiger partial charge in [0.15, 0.2) is 6.29 Å². The lowest BCUT2D eigenvalue weighted by Gasteiger charge is -2.41. The monoisotopic (exact) mass is 709 g/mol. The van der Waals surface area contributed by atoms with E-state index in [1.807, 2.05) is 6.08 Å². The summed E-state index contributed by atoms with van der Waals surface area (Å²) in [5.41, 5.74) is 0. The van der Waals surface area contributed by atoms with Gasteiger partial charge in [-0.3, -0.25) is 9.35 Å². The Labute approximate surface area is 287 Å². The van der Waals surface area contributed by atoms with Gasteiger partial charge in [-0.1, -0.05) is 115 Å². The molecule has 13 nitrogen and oxygen atoms in total. The first-order valence-electron chi connectivity index (χ1n) is 17.8. The number of unbranched alkanes of at least 4 members (excludes halogenated alkanes) is 12. The van der Waals surface area contributed by atoms with Gasteiger partial charge in [0.25, 0.3) is 0 Å². The average Bonchev–Trinajstić information content (AvgIpc) is 3.05. The number of carbonyl (C=O) groups is 1. The molecule has 0 saturated carbocycles. The van der Waals surface area contributed by atoms with E-state index in [0.717, 1.165) is 44.9 Å². The molecular weight excluding hydrogens is 646 g/mol. The fourth-order valence-electron chi connectivity index (χ4n) is 5.45. The molecule has 1 rings (SSSR count). The van der Waals surface area contributed by atoms with Gasteiger partial charge in [-0.25, -0.2) is 4.18 Å². The van der Waals surface area contributed by atoms with Crippen LogP contribution in [-0.2, 0) is 28.9 Å². The van der Waals surface area contributed by atoms with E-state index in [0.29, 0.717) is 19.3 Å². The van der Waals surface area contributed by atoms with Crippen LogP contribution in [0, 0.1) is 0 Å². The zero-order valence-electron chi connectivity index (χ0n) is 28.9. The van der Waals surface area contributed by atoms with Gasteiger partial charge in [-0.15, -0.1) is 0 Å². The Morgan fingerprint density at radius 1 is 0.854 bits per heavy atom. The maximum Gasteiger partial charge on any atom is 0.397 e. The summed E-state index contributed by atoms with van der Waals surface area (Å²) in [5, 5.41) is 54.5. The molecule has 0 aromatic carbocycles. The SMILES string of the molecule is CCCCCCCC/C=C\C/C=C\CC(O)C(=O)NC(COC1OC(CO)C(O)C(OS(=O)(=O)O)C1O)C(O)CCCCCCCCC. The molecule has 1 aliphatic rings. The molecule has 14 heteroatoms. The maximum absolute atomic E-state index is 12.9. The smallest absolute Gasteiger partial charge is 0.394 e. The second-order valence-electron chi connectivity index (χ2n) is 12.6. The number of carbonyl (C=O) groups excluding carboxylic acids is 1. The largest absolute Gasteiger partial charge is 0.397 e. The third-order valence-electron chi connectivity index (χ3n) is 8.38. The summed E-state index contributed by atoms with van der Waals surface area (Å²) in [4.78, 5) is 12.9. The zero-order chi connectivity index (χ0) is 35.8. The molecule has 8 unspecified atom stereocenters. The van der Waals surface area contributed by atoms with E-state index in [4.69, 9.17) is 14.0 Å². The van der Waals surface area contributed by atoms with Crippen molar-refractivity contribution in [3.63, 3.8) is 0 Å². The Bertz CT molecular complexity index is 995. The molecule has 1 amide bonds. The quantitative estimate of drug-likeness (QED) is 0.0353. The topological polar surface area (TPSA) is 212 Å². The molecule has 7 N–H and O–H groups in total. The molecule has 0 aromatic rings. The van der Waals surface area contributed by atoms with Crippen LogP contribution < -0.4 is 5.32 Å². The zero-order valence-corrected chi connectivity index (χ0v) is 29.7. The van der Waals surface area contributed by atoms with Crippen LogP contribution in [0.2, 0.25) is 0 Å². The van der Waals surface area contributed by atoms with Crippen LogP contribution in [0.25, 0.3) is 0 Å². The van der Waals surface area contributed by atoms with Crippen LogP contribution in [0.15, 0.2) is 24.3 Å². The summed E-state index contributed by atoms with van der Waals surface area (Å²) in [6, 6.07) is -1.06. The number of amides is 1. The molecule has 8 atom stereocenters. The van der Waals surface area contributed by atoms with Crippen molar-refractivity contribution >= 4 is 16.3 Å². The van der Waals surface area contributed by atoms with Gasteiger partial charge >= 0.3 is 10.4 Å². The molecule has 1 aliphatic heterocycles. The van der Waals surface area contributed by atoms with Crippen molar-refractivity contribution in [2.24, 2.45) is 0 Å². The van der Waals surface area contributed by atoms with Crippen molar-refractivity contribution in [1.82, 2.24) is 5.32 Å². The number of allylic oxidation sites excluding steroid dienone is 3. The number of hydrogen-bond donors (Lipinski definition) is 7. The second-order valence-corrected chi connectivity index (χ2v) is 13.7. The number of nitrogens with one attached hydrogen (secondary N) is 1. The molecule has 1 fully saturated rings. The van der Waals surface area contributed by atoms with Crippen molar-refractivity contribution < 1.29 is 57.0 Å². The van der Waals surface area contributed by atoms with E-state index in [1.165, 1.54) is 38.5 Å². The molecule has 0 bridgehead atoms. The normalized spacial score (nSPS) is 23.9. The first kappa shape index (κ1) is 44.6. The lowest BCUT2D eigenvalue weighted by atomic mass is 9.99. The molecule has 1 saturated heterocycles. The van der Waals surface area contributed by atoms with Crippen molar-refractivity contribution in [3.8, 4) is 0 Å². The lowest BCUT2D eigenvalue weighted by Crippen LogP contribution is -2.61. The number of rotatable bonds is 28. The van der Waals surface area contributed by atoms with Crippen LogP contribution in [0.5, 0.6) is 0 Å². The standard InChI is InChI=1S/C34H63NO12S/c1-3-5-7-9-11-12-13-14-15-17-19-21-23-28(38)33(41)35-26(27(37)22-20-18-16-10-8-6-4-2)25-45-34-31(40)32(47-48(42,43)44)30(39)29(24-36)46-34/h14-15,19,21,26-32,34,36-40H,3-13,16-18,20,22-25H2,1-2H3,(H,35,41)(H,42,43,44)/b15-14-,21-19-. The van der Waals surface area contributed by atoms with Crippen LogP contribution in [-0.4, -0.2) is 107 Å². The summed E-state index contributed by atoms with van der Waals surface area (Å²) in [6.07, 6.45) is 13.1. The minimum atomic E-state index is -5.10. The summed E-state index contributed by atoms with van der Waals surface area (Å²) < 4.78 is 47.1. The second kappa shape index (κ2) is 26.4.